The van der Waals surface area contributed by atoms with Crippen LogP contribution in [0, 0.1) is 11.3 Å². The van der Waals surface area contributed by atoms with E-state index < -0.39 is 5.60 Å². The summed E-state index contributed by atoms with van der Waals surface area (Å²) in [5, 5.41) is 15.7. The highest BCUT2D eigenvalue weighted by Gasteiger charge is 2.24. The topological polar surface area (TPSA) is 74.2 Å². The molecule has 1 fully saturated rings. The predicted octanol–water partition coefficient (Wildman–Crippen LogP) is 4.46. The van der Waals surface area contributed by atoms with E-state index in [0.29, 0.717) is 16.6 Å². The highest BCUT2D eigenvalue weighted by molar-refractivity contribution is 6.32. The molecule has 6 heteroatoms. The van der Waals surface area contributed by atoms with E-state index >= 15 is 0 Å². The molecule has 0 unspecified atom stereocenters. The van der Waals surface area contributed by atoms with Gasteiger partial charge in [-0.2, -0.15) is 5.26 Å². The van der Waals surface area contributed by atoms with Crippen molar-refractivity contribution in [2.45, 2.75) is 64.1 Å². The molecule has 1 amide bonds. The standard InChI is InChI=1S/C18H24ClN3O2/c1-18(2,3)24-17(23)22-14-8-6-13(7-9-14)21-15-5-4-12(11-20)16(19)10-15/h4-5,10,13-14,21H,6-9H2,1-3H3,(H,22,23)/t13-,14-. The van der Waals surface area contributed by atoms with E-state index in [-0.39, 0.29) is 12.1 Å². The normalized spacial score (nSPS) is 20.8. The number of halogens is 1. The second-order valence-corrected chi connectivity index (χ2v) is 7.55. The molecule has 0 heterocycles. The van der Waals surface area contributed by atoms with Crippen LogP contribution in [0.5, 0.6) is 0 Å². The molecular weight excluding hydrogens is 326 g/mol. The van der Waals surface area contributed by atoms with Crippen molar-refractivity contribution in [3.63, 3.8) is 0 Å². The molecule has 1 saturated carbocycles. The van der Waals surface area contributed by atoms with Crippen LogP contribution in [-0.4, -0.2) is 23.8 Å². The lowest BCUT2D eigenvalue weighted by Crippen LogP contribution is -2.42. The molecule has 0 saturated heterocycles. The third-order valence-electron chi connectivity index (χ3n) is 3.91. The molecule has 5 nitrogen and oxygen atoms in total. The van der Waals surface area contributed by atoms with Crippen LogP contribution in [0.4, 0.5) is 10.5 Å². The van der Waals surface area contributed by atoms with E-state index in [1.807, 2.05) is 26.8 Å². The van der Waals surface area contributed by atoms with Crippen molar-refractivity contribution < 1.29 is 9.53 Å². The average molecular weight is 350 g/mol. The van der Waals surface area contributed by atoms with Gasteiger partial charge in [-0.3, -0.25) is 0 Å². The maximum Gasteiger partial charge on any atom is 0.407 e. The molecule has 0 aromatic heterocycles. The lowest BCUT2D eigenvalue weighted by Gasteiger charge is -2.31. The Morgan fingerprint density at radius 3 is 2.42 bits per heavy atom. The van der Waals surface area contributed by atoms with E-state index in [2.05, 4.69) is 16.7 Å². The van der Waals surface area contributed by atoms with Crippen molar-refractivity contribution in [3.05, 3.63) is 28.8 Å². The summed E-state index contributed by atoms with van der Waals surface area (Å²) in [6.07, 6.45) is 3.37. The molecule has 1 aliphatic carbocycles. The lowest BCUT2D eigenvalue weighted by atomic mass is 9.91. The number of ether oxygens (including phenoxy) is 1. The quantitative estimate of drug-likeness (QED) is 0.844. The van der Waals surface area contributed by atoms with Gasteiger partial charge in [0.2, 0.25) is 0 Å². The maximum atomic E-state index is 11.8. The molecule has 130 valence electrons. The minimum atomic E-state index is -0.475. The van der Waals surface area contributed by atoms with Crippen LogP contribution in [0.1, 0.15) is 52.0 Å². The zero-order valence-corrected chi connectivity index (χ0v) is 15.1. The molecule has 2 rings (SSSR count). The number of anilines is 1. The van der Waals surface area contributed by atoms with E-state index in [1.165, 1.54) is 0 Å². The van der Waals surface area contributed by atoms with Gasteiger partial charge in [0.25, 0.3) is 0 Å². The third-order valence-corrected chi connectivity index (χ3v) is 4.22. The summed E-state index contributed by atoms with van der Waals surface area (Å²) in [5.74, 6) is 0. The number of carbonyl (C=O) groups excluding carboxylic acids is 1. The van der Waals surface area contributed by atoms with Crippen molar-refractivity contribution >= 4 is 23.4 Å². The second kappa shape index (κ2) is 7.76. The van der Waals surface area contributed by atoms with Gasteiger partial charge in [-0.15, -0.1) is 0 Å². The zero-order chi connectivity index (χ0) is 17.7. The fourth-order valence-corrected chi connectivity index (χ4v) is 3.01. The number of rotatable bonds is 3. The number of alkyl carbamates (subject to hydrolysis) is 1. The van der Waals surface area contributed by atoms with Crippen LogP contribution >= 0.6 is 11.6 Å². The van der Waals surface area contributed by atoms with E-state index in [4.69, 9.17) is 21.6 Å². The molecule has 1 aromatic carbocycles. The number of nitriles is 1. The van der Waals surface area contributed by atoms with E-state index in [9.17, 15) is 4.79 Å². The fourth-order valence-electron chi connectivity index (χ4n) is 2.79. The van der Waals surface area contributed by atoms with Gasteiger partial charge in [-0.05, 0) is 64.7 Å². The Kier molecular flexibility index (Phi) is 5.95. The maximum absolute atomic E-state index is 11.8. The van der Waals surface area contributed by atoms with Gasteiger partial charge in [0.15, 0.2) is 0 Å². The van der Waals surface area contributed by atoms with Crippen molar-refractivity contribution in [1.29, 1.82) is 5.26 Å². The summed E-state index contributed by atoms with van der Waals surface area (Å²) in [7, 11) is 0. The number of hydrogen-bond donors (Lipinski definition) is 2. The van der Waals surface area contributed by atoms with Gasteiger partial charge in [-0.1, -0.05) is 11.6 Å². The molecule has 1 aromatic rings. The van der Waals surface area contributed by atoms with Crippen molar-refractivity contribution in [1.82, 2.24) is 5.32 Å². The van der Waals surface area contributed by atoms with Crippen LogP contribution in [-0.2, 0) is 4.74 Å². The Bertz CT molecular complexity index is 626. The highest BCUT2D eigenvalue weighted by atomic mass is 35.5. The number of hydrogen-bond acceptors (Lipinski definition) is 4. The minimum absolute atomic E-state index is 0.155. The molecule has 0 atom stereocenters. The Hall–Kier alpha value is -1.93. The van der Waals surface area contributed by atoms with Gasteiger partial charge in [0, 0.05) is 17.8 Å². The van der Waals surface area contributed by atoms with Crippen LogP contribution in [0.25, 0.3) is 0 Å². The smallest absolute Gasteiger partial charge is 0.407 e. The van der Waals surface area contributed by atoms with Crippen molar-refractivity contribution in [2.75, 3.05) is 5.32 Å². The number of nitrogens with one attached hydrogen (secondary N) is 2. The fraction of sp³-hybridized carbons (Fsp3) is 0.556. The Morgan fingerprint density at radius 1 is 1.25 bits per heavy atom. The number of nitrogens with zero attached hydrogens (tertiary/aromatic N) is 1. The number of benzene rings is 1. The van der Waals surface area contributed by atoms with Crippen LogP contribution in [0.2, 0.25) is 5.02 Å². The van der Waals surface area contributed by atoms with Gasteiger partial charge >= 0.3 is 6.09 Å². The Morgan fingerprint density at radius 2 is 1.88 bits per heavy atom. The van der Waals surface area contributed by atoms with E-state index in [0.717, 1.165) is 31.4 Å². The molecule has 1 aliphatic rings. The van der Waals surface area contributed by atoms with E-state index in [1.54, 1.807) is 12.1 Å². The Labute approximate surface area is 148 Å². The zero-order valence-electron chi connectivity index (χ0n) is 14.4. The summed E-state index contributed by atoms with van der Waals surface area (Å²) in [6, 6.07) is 7.92. The number of amides is 1. The van der Waals surface area contributed by atoms with Crippen LogP contribution < -0.4 is 10.6 Å². The monoisotopic (exact) mass is 349 g/mol. The van der Waals surface area contributed by atoms with Gasteiger partial charge in [-0.25, -0.2) is 4.79 Å². The summed E-state index contributed by atoms with van der Waals surface area (Å²) >= 11 is 6.06. The molecule has 0 aliphatic heterocycles. The largest absolute Gasteiger partial charge is 0.444 e. The van der Waals surface area contributed by atoms with Gasteiger partial charge < -0.3 is 15.4 Å². The first kappa shape index (κ1) is 18.4. The molecule has 24 heavy (non-hydrogen) atoms. The third kappa shape index (κ3) is 5.61. The number of carbonyl (C=O) groups is 1. The summed E-state index contributed by atoms with van der Waals surface area (Å²) in [4.78, 5) is 11.8. The van der Waals surface area contributed by atoms with Crippen LogP contribution in [0.15, 0.2) is 18.2 Å². The lowest BCUT2D eigenvalue weighted by molar-refractivity contribution is 0.0492. The molecule has 2 N–H and O–H groups in total. The molecule has 0 spiro atoms. The van der Waals surface area contributed by atoms with Crippen molar-refractivity contribution in [2.24, 2.45) is 0 Å². The SMILES string of the molecule is CC(C)(C)OC(=O)N[C@H]1CC[C@H](Nc2ccc(C#N)c(Cl)c2)CC1. The van der Waals surface area contributed by atoms with Crippen LogP contribution in [0.3, 0.4) is 0 Å². The first-order chi connectivity index (χ1) is 11.3. The first-order valence-corrected chi connectivity index (χ1v) is 8.60. The molecule has 0 bridgehead atoms. The van der Waals surface area contributed by atoms with Crippen molar-refractivity contribution in [3.8, 4) is 6.07 Å². The highest BCUT2D eigenvalue weighted by Crippen LogP contribution is 2.25. The Balaban J connectivity index is 1.80. The second-order valence-electron chi connectivity index (χ2n) is 7.15. The first-order valence-electron chi connectivity index (χ1n) is 8.22. The molecule has 0 radical (unpaired) electrons. The van der Waals surface area contributed by atoms with Gasteiger partial charge in [0.05, 0.1) is 10.6 Å². The molecular formula is C18H24ClN3O2. The summed E-state index contributed by atoms with van der Waals surface area (Å²) < 4.78 is 5.29. The summed E-state index contributed by atoms with van der Waals surface area (Å²) in [5.41, 5.74) is 0.924. The average Bonchev–Trinajstić information content (AvgIpc) is 2.47. The summed E-state index contributed by atoms with van der Waals surface area (Å²) in [6.45, 7) is 5.57. The minimum Gasteiger partial charge on any atom is -0.444 e. The predicted molar refractivity (Wildman–Crippen MR) is 95.2 cm³/mol. The van der Waals surface area contributed by atoms with Gasteiger partial charge in [0.1, 0.15) is 11.7 Å².